The molecular weight excluding hydrogens is 462 g/mol. The van der Waals surface area contributed by atoms with Gasteiger partial charge in [0.05, 0.1) is 24.0 Å². The second-order valence-corrected chi connectivity index (χ2v) is 10.7. The van der Waals surface area contributed by atoms with Gasteiger partial charge in [-0.1, -0.05) is 6.92 Å². The fourth-order valence-electron chi connectivity index (χ4n) is 4.85. The maximum Gasteiger partial charge on any atom is 0.293 e. The van der Waals surface area contributed by atoms with Gasteiger partial charge in [-0.05, 0) is 43.0 Å². The third-order valence-electron chi connectivity index (χ3n) is 6.53. The molecular formula is C23H29N3O7S. The quantitative estimate of drug-likeness (QED) is 0.483. The largest absolute Gasteiger partial charge is 0.496 e. The number of nitro benzene ring substituents is 1. The Bertz CT molecular complexity index is 1200. The summed E-state index contributed by atoms with van der Waals surface area (Å²) in [5.74, 6) is 1.27. The van der Waals surface area contributed by atoms with Crippen LogP contribution in [0.15, 0.2) is 35.2 Å². The SMILES string of the molecule is COc1ccc(OC)c2c1CN(c1ccc(S(=O)(=O)N3CCC[C@H](C)C3)cc1[N+](=O)[O-])C[C@@H]2O. The van der Waals surface area contributed by atoms with Crippen molar-refractivity contribution in [3.8, 4) is 11.5 Å². The summed E-state index contributed by atoms with van der Waals surface area (Å²) in [4.78, 5) is 13.0. The summed E-state index contributed by atoms with van der Waals surface area (Å²) >= 11 is 0. The first-order valence-electron chi connectivity index (χ1n) is 11.1. The van der Waals surface area contributed by atoms with Crippen LogP contribution in [-0.2, 0) is 16.6 Å². The number of aliphatic hydroxyl groups excluding tert-OH is 1. The van der Waals surface area contributed by atoms with Crippen molar-refractivity contribution in [2.45, 2.75) is 37.3 Å². The summed E-state index contributed by atoms with van der Waals surface area (Å²) in [5, 5.41) is 22.9. The molecule has 2 atom stereocenters. The fraction of sp³-hybridized carbons (Fsp3) is 0.478. The Hall–Kier alpha value is -2.89. The van der Waals surface area contributed by atoms with Gasteiger partial charge in [-0.25, -0.2) is 8.42 Å². The van der Waals surface area contributed by atoms with E-state index in [9.17, 15) is 23.6 Å². The molecule has 0 spiro atoms. The number of benzene rings is 2. The van der Waals surface area contributed by atoms with E-state index in [1.54, 1.807) is 17.0 Å². The predicted molar refractivity (Wildman–Crippen MR) is 126 cm³/mol. The van der Waals surface area contributed by atoms with Crippen molar-refractivity contribution in [2.75, 3.05) is 38.8 Å². The molecule has 2 aromatic rings. The molecule has 1 N–H and O–H groups in total. The van der Waals surface area contributed by atoms with E-state index >= 15 is 0 Å². The van der Waals surface area contributed by atoms with Crippen LogP contribution in [0, 0.1) is 16.0 Å². The van der Waals surface area contributed by atoms with Crippen LogP contribution in [0.1, 0.15) is 37.0 Å². The van der Waals surface area contributed by atoms with Crippen LogP contribution < -0.4 is 14.4 Å². The highest BCUT2D eigenvalue weighted by Gasteiger charge is 2.35. The Morgan fingerprint density at radius 1 is 1.12 bits per heavy atom. The van der Waals surface area contributed by atoms with Gasteiger partial charge in [0.15, 0.2) is 0 Å². The van der Waals surface area contributed by atoms with Crippen LogP contribution in [0.25, 0.3) is 0 Å². The standard InChI is InChI=1S/C23H29N3O7S/c1-15-5-4-10-25(12-15)34(30,31)16-6-7-18(19(11-16)26(28)29)24-13-17-21(32-2)8-9-22(33-3)23(17)20(27)14-24/h6-9,11,15,20,27H,4-5,10,12-14H2,1-3H3/t15-,20-/m0/s1. The predicted octanol–water partition coefficient (Wildman–Crippen LogP) is 3.09. The average Bonchev–Trinajstić information content (AvgIpc) is 2.82. The highest BCUT2D eigenvalue weighted by Crippen LogP contribution is 2.43. The highest BCUT2D eigenvalue weighted by atomic mass is 32.2. The molecule has 10 nitrogen and oxygen atoms in total. The van der Waals surface area contributed by atoms with Crippen molar-refractivity contribution in [1.29, 1.82) is 0 Å². The molecule has 0 radical (unpaired) electrons. The lowest BCUT2D eigenvalue weighted by atomic mass is 9.94. The second-order valence-electron chi connectivity index (χ2n) is 8.78. The number of hydrogen-bond acceptors (Lipinski definition) is 8. The van der Waals surface area contributed by atoms with E-state index in [1.807, 2.05) is 6.92 Å². The first-order valence-corrected chi connectivity index (χ1v) is 12.6. The fourth-order valence-corrected chi connectivity index (χ4v) is 6.47. The van der Waals surface area contributed by atoms with Crippen molar-refractivity contribution in [2.24, 2.45) is 5.92 Å². The number of fused-ring (bicyclic) bond motifs is 1. The van der Waals surface area contributed by atoms with Gasteiger partial charge in [-0.3, -0.25) is 10.1 Å². The zero-order valence-electron chi connectivity index (χ0n) is 19.4. The van der Waals surface area contributed by atoms with Gasteiger partial charge >= 0.3 is 0 Å². The van der Waals surface area contributed by atoms with E-state index in [-0.39, 0.29) is 35.3 Å². The van der Waals surface area contributed by atoms with Gasteiger partial charge in [0.25, 0.3) is 5.69 Å². The number of hydrogen-bond donors (Lipinski definition) is 1. The number of methoxy groups -OCH3 is 2. The van der Waals surface area contributed by atoms with Crippen molar-refractivity contribution < 1.29 is 27.9 Å². The first kappa shape index (κ1) is 24.2. The number of sulfonamides is 1. The van der Waals surface area contributed by atoms with E-state index in [1.165, 1.54) is 30.7 Å². The van der Waals surface area contributed by atoms with Gasteiger partial charge < -0.3 is 19.5 Å². The Morgan fingerprint density at radius 3 is 2.47 bits per heavy atom. The van der Waals surface area contributed by atoms with Crippen molar-refractivity contribution in [1.82, 2.24) is 4.31 Å². The Kier molecular flexibility index (Phi) is 6.70. The lowest BCUT2D eigenvalue weighted by molar-refractivity contribution is -0.384. The Morgan fingerprint density at radius 2 is 1.82 bits per heavy atom. The summed E-state index contributed by atoms with van der Waals surface area (Å²) in [5.41, 5.74) is 1.14. The molecule has 1 saturated heterocycles. The number of β-amino-alcohol motifs (C(OH)–C–C–N with tert-alkyl or cyclic N) is 1. The summed E-state index contributed by atoms with van der Waals surface area (Å²) in [6, 6.07) is 7.40. The van der Waals surface area contributed by atoms with E-state index < -0.39 is 21.1 Å². The molecule has 11 heteroatoms. The summed E-state index contributed by atoms with van der Waals surface area (Å²) in [7, 11) is -0.834. The third-order valence-corrected chi connectivity index (χ3v) is 8.39. The molecule has 34 heavy (non-hydrogen) atoms. The molecule has 184 valence electrons. The van der Waals surface area contributed by atoms with Crippen molar-refractivity contribution in [3.63, 3.8) is 0 Å². The molecule has 0 bridgehead atoms. The van der Waals surface area contributed by atoms with Crippen LogP contribution in [-0.4, -0.2) is 56.6 Å². The molecule has 0 amide bonds. The number of anilines is 1. The molecule has 2 aromatic carbocycles. The molecule has 1 fully saturated rings. The smallest absolute Gasteiger partial charge is 0.293 e. The molecule has 2 aliphatic rings. The van der Waals surface area contributed by atoms with E-state index in [0.29, 0.717) is 35.7 Å². The van der Waals surface area contributed by atoms with Gasteiger partial charge in [0, 0.05) is 43.4 Å². The highest BCUT2D eigenvalue weighted by molar-refractivity contribution is 7.89. The number of rotatable bonds is 6. The number of piperidine rings is 1. The minimum Gasteiger partial charge on any atom is -0.496 e. The second kappa shape index (κ2) is 9.40. The summed E-state index contributed by atoms with van der Waals surface area (Å²) in [6.07, 6.45) is 0.737. The van der Waals surface area contributed by atoms with Gasteiger partial charge in [-0.15, -0.1) is 0 Å². The third kappa shape index (κ3) is 4.30. The molecule has 0 saturated carbocycles. The van der Waals surface area contributed by atoms with E-state index in [4.69, 9.17) is 9.47 Å². The van der Waals surface area contributed by atoms with Gasteiger partial charge in [-0.2, -0.15) is 4.31 Å². The van der Waals surface area contributed by atoms with Crippen LogP contribution in [0.2, 0.25) is 0 Å². The van der Waals surface area contributed by atoms with Crippen molar-refractivity contribution >= 4 is 21.4 Å². The molecule has 2 aliphatic heterocycles. The monoisotopic (exact) mass is 491 g/mol. The molecule has 0 aliphatic carbocycles. The van der Waals surface area contributed by atoms with Gasteiger partial charge in [0.2, 0.25) is 10.0 Å². The lowest BCUT2D eigenvalue weighted by Gasteiger charge is -2.35. The van der Waals surface area contributed by atoms with Crippen LogP contribution in [0.3, 0.4) is 0 Å². The first-order chi connectivity index (χ1) is 16.2. The van der Waals surface area contributed by atoms with Crippen LogP contribution in [0.4, 0.5) is 11.4 Å². The minimum absolute atomic E-state index is 0.0765. The average molecular weight is 492 g/mol. The number of nitrogens with zero attached hydrogens (tertiary/aromatic N) is 3. The molecule has 4 rings (SSSR count). The molecule has 0 unspecified atom stereocenters. The summed E-state index contributed by atoms with van der Waals surface area (Å²) in [6.45, 7) is 3.10. The Balaban J connectivity index is 1.73. The maximum absolute atomic E-state index is 13.2. The van der Waals surface area contributed by atoms with Crippen molar-refractivity contribution in [3.05, 3.63) is 51.6 Å². The van der Waals surface area contributed by atoms with E-state index in [0.717, 1.165) is 18.9 Å². The Labute approximate surface area is 198 Å². The van der Waals surface area contributed by atoms with Crippen LogP contribution >= 0.6 is 0 Å². The zero-order chi connectivity index (χ0) is 24.6. The van der Waals surface area contributed by atoms with E-state index in [2.05, 4.69) is 0 Å². The molecule has 2 heterocycles. The zero-order valence-corrected chi connectivity index (χ0v) is 20.2. The maximum atomic E-state index is 13.2. The number of aliphatic hydroxyl groups is 1. The number of ether oxygens (including phenoxy) is 2. The molecule has 0 aromatic heterocycles. The normalized spacial score (nSPS) is 21.1. The van der Waals surface area contributed by atoms with Gasteiger partial charge in [0.1, 0.15) is 23.3 Å². The lowest BCUT2D eigenvalue weighted by Crippen LogP contribution is -2.39. The van der Waals surface area contributed by atoms with Crippen LogP contribution in [0.5, 0.6) is 11.5 Å². The number of nitro groups is 1. The summed E-state index contributed by atoms with van der Waals surface area (Å²) < 4.78 is 38.6. The topological polar surface area (TPSA) is 122 Å². The minimum atomic E-state index is -3.85.